The van der Waals surface area contributed by atoms with Gasteiger partial charge in [-0.15, -0.1) is 0 Å². The molecule has 0 bridgehead atoms. The monoisotopic (exact) mass is 454 g/mol. The van der Waals surface area contributed by atoms with Crippen molar-refractivity contribution in [2.45, 2.75) is 12.5 Å². The number of hydrogen-bond acceptors (Lipinski definition) is 3. The second-order valence-electron chi connectivity index (χ2n) is 6.49. The van der Waals surface area contributed by atoms with Crippen LogP contribution in [0.2, 0.25) is 5.02 Å². The minimum atomic E-state index is -0.390. The number of amides is 1. The van der Waals surface area contributed by atoms with Crippen LogP contribution in [0.25, 0.3) is 0 Å². The molecule has 0 saturated carbocycles. The number of nitrogens with zero attached hydrogens (tertiary/aromatic N) is 2. The average Bonchev–Trinajstić information content (AvgIpc) is 3.13. The Morgan fingerprint density at radius 1 is 1.07 bits per heavy atom. The molecular formula is C22H16BrClN2O2. The summed E-state index contributed by atoms with van der Waals surface area (Å²) in [5.74, 6) is -0.0781. The Morgan fingerprint density at radius 2 is 1.82 bits per heavy atom. The number of aromatic hydroxyl groups is 1. The molecule has 6 heteroatoms. The van der Waals surface area contributed by atoms with Gasteiger partial charge in [0.2, 0.25) is 0 Å². The third-order valence-corrected chi connectivity index (χ3v) is 5.41. The smallest absolute Gasteiger partial charge is 0.274 e. The van der Waals surface area contributed by atoms with Gasteiger partial charge >= 0.3 is 0 Å². The van der Waals surface area contributed by atoms with Crippen molar-refractivity contribution in [3.8, 4) is 5.75 Å². The molecule has 0 aromatic heterocycles. The number of rotatable bonds is 3. The van der Waals surface area contributed by atoms with Crippen LogP contribution in [0, 0.1) is 0 Å². The summed E-state index contributed by atoms with van der Waals surface area (Å²) in [6.45, 7) is 0. The highest BCUT2D eigenvalue weighted by atomic mass is 79.9. The molecular weight excluding hydrogens is 440 g/mol. The first-order valence-corrected chi connectivity index (χ1v) is 9.90. The largest absolute Gasteiger partial charge is 0.508 e. The molecule has 1 aliphatic heterocycles. The summed E-state index contributed by atoms with van der Waals surface area (Å²) in [4.78, 5) is 13.2. The number of benzene rings is 3. The molecule has 3 aromatic carbocycles. The van der Waals surface area contributed by atoms with Gasteiger partial charge in [0, 0.05) is 27.0 Å². The topological polar surface area (TPSA) is 52.9 Å². The van der Waals surface area contributed by atoms with Gasteiger partial charge in [-0.25, -0.2) is 5.01 Å². The zero-order chi connectivity index (χ0) is 19.7. The van der Waals surface area contributed by atoms with Crippen LogP contribution in [-0.2, 0) is 0 Å². The van der Waals surface area contributed by atoms with Crippen LogP contribution in [0.15, 0.2) is 82.4 Å². The minimum absolute atomic E-state index is 0.145. The van der Waals surface area contributed by atoms with Crippen molar-refractivity contribution in [2.75, 3.05) is 0 Å². The normalized spacial score (nSPS) is 16.1. The summed E-state index contributed by atoms with van der Waals surface area (Å²) < 4.78 is 0.818. The van der Waals surface area contributed by atoms with E-state index in [9.17, 15) is 9.90 Å². The highest BCUT2D eigenvalue weighted by molar-refractivity contribution is 9.10. The highest BCUT2D eigenvalue weighted by Crippen LogP contribution is 2.38. The maximum Gasteiger partial charge on any atom is 0.274 e. The summed E-state index contributed by atoms with van der Waals surface area (Å²) in [6, 6.07) is 21.2. The molecule has 0 spiro atoms. The van der Waals surface area contributed by atoms with E-state index in [1.807, 2.05) is 36.4 Å². The zero-order valence-electron chi connectivity index (χ0n) is 14.7. The van der Waals surface area contributed by atoms with Gasteiger partial charge in [0.05, 0.1) is 11.8 Å². The lowest BCUT2D eigenvalue weighted by atomic mass is 9.97. The minimum Gasteiger partial charge on any atom is -0.508 e. The highest BCUT2D eigenvalue weighted by Gasteiger charge is 2.35. The number of para-hydroxylation sites is 1. The van der Waals surface area contributed by atoms with E-state index in [2.05, 4.69) is 21.0 Å². The molecule has 0 saturated heterocycles. The first-order chi connectivity index (χ1) is 13.5. The van der Waals surface area contributed by atoms with Crippen LogP contribution in [0.4, 0.5) is 0 Å². The summed E-state index contributed by atoms with van der Waals surface area (Å²) in [6.07, 6.45) is 0.499. The van der Waals surface area contributed by atoms with Crippen LogP contribution in [0.5, 0.6) is 5.75 Å². The molecule has 0 unspecified atom stereocenters. The Morgan fingerprint density at radius 3 is 2.54 bits per heavy atom. The second-order valence-corrected chi connectivity index (χ2v) is 7.84. The van der Waals surface area contributed by atoms with E-state index in [0.717, 1.165) is 15.7 Å². The van der Waals surface area contributed by atoms with E-state index < -0.39 is 6.04 Å². The number of carbonyl (C=O) groups is 1. The van der Waals surface area contributed by atoms with Crippen molar-refractivity contribution in [1.29, 1.82) is 0 Å². The lowest BCUT2D eigenvalue weighted by Crippen LogP contribution is -2.27. The maximum absolute atomic E-state index is 13.2. The van der Waals surface area contributed by atoms with Crippen LogP contribution in [0.1, 0.15) is 33.9 Å². The fraction of sp³-hybridized carbons (Fsp3) is 0.0909. The Balaban J connectivity index is 1.76. The van der Waals surface area contributed by atoms with Crippen LogP contribution in [-0.4, -0.2) is 21.7 Å². The van der Waals surface area contributed by atoms with Gasteiger partial charge in [-0.3, -0.25) is 4.79 Å². The summed E-state index contributed by atoms with van der Waals surface area (Å²) in [5, 5.41) is 17.1. The Bertz CT molecular complexity index is 1070. The molecule has 4 rings (SSSR count). The second kappa shape index (κ2) is 7.78. The van der Waals surface area contributed by atoms with Gasteiger partial charge in [0.1, 0.15) is 5.75 Å². The molecule has 3 aromatic rings. The van der Waals surface area contributed by atoms with E-state index >= 15 is 0 Å². The lowest BCUT2D eigenvalue weighted by Gasteiger charge is -2.22. The number of halogens is 2. The molecule has 4 nitrogen and oxygen atoms in total. The molecule has 140 valence electrons. The Kier molecular flexibility index (Phi) is 5.20. The summed E-state index contributed by atoms with van der Waals surface area (Å²) >= 11 is 9.40. The summed E-state index contributed by atoms with van der Waals surface area (Å²) in [7, 11) is 0. The fourth-order valence-electron chi connectivity index (χ4n) is 3.28. The van der Waals surface area contributed by atoms with E-state index in [-0.39, 0.29) is 11.7 Å². The van der Waals surface area contributed by atoms with Crippen LogP contribution < -0.4 is 0 Å². The first-order valence-electron chi connectivity index (χ1n) is 8.73. The predicted molar refractivity (Wildman–Crippen MR) is 114 cm³/mol. The third-order valence-electron chi connectivity index (χ3n) is 4.66. The number of hydrazone groups is 1. The van der Waals surface area contributed by atoms with Gasteiger partial charge in [-0.2, -0.15) is 5.10 Å². The van der Waals surface area contributed by atoms with Crippen LogP contribution in [0.3, 0.4) is 0 Å². The van der Waals surface area contributed by atoms with Crippen molar-refractivity contribution in [1.82, 2.24) is 5.01 Å². The fourth-order valence-corrected chi connectivity index (χ4v) is 3.81. The van der Waals surface area contributed by atoms with Gasteiger partial charge in [0.15, 0.2) is 0 Å². The van der Waals surface area contributed by atoms with Crippen LogP contribution >= 0.6 is 27.5 Å². The first kappa shape index (κ1) is 18.7. The van der Waals surface area contributed by atoms with Gasteiger partial charge in [0.25, 0.3) is 5.91 Å². The molecule has 1 aliphatic rings. The van der Waals surface area contributed by atoms with Gasteiger partial charge in [-0.05, 0) is 42.0 Å². The van der Waals surface area contributed by atoms with Gasteiger partial charge < -0.3 is 5.11 Å². The standard InChI is InChI=1S/C22H16BrClN2O2/c23-16-5-3-4-15(12-16)22(28)26-20(18-6-1-2-7-21(18)27)13-19(25-26)14-8-10-17(24)11-9-14/h1-12,20,27H,13H2/t20-/m1/s1. The van der Waals surface area contributed by atoms with E-state index in [0.29, 0.717) is 22.6 Å². The number of phenols is 1. The quantitative estimate of drug-likeness (QED) is 0.543. The van der Waals surface area contributed by atoms with Crippen molar-refractivity contribution in [3.05, 3.63) is 99.0 Å². The molecule has 0 radical (unpaired) electrons. The number of carbonyl (C=O) groups excluding carboxylic acids is 1. The molecule has 0 aliphatic carbocycles. The molecule has 28 heavy (non-hydrogen) atoms. The lowest BCUT2D eigenvalue weighted by molar-refractivity contribution is 0.0709. The Labute approximate surface area is 176 Å². The van der Waals surface area contributed by atoms with Gasteiger partial charge in [-0.1, -0.05) is 63.9 Å². The molecule has 1 atom stereocenters. The molecule has 1 heterocycles. The summed E-state index contributed by atoms with van der Waals surface area (Å²) in [5.41, 5.74) is 2.86. The van der Waals surface area contributed by atoms with Crippen molar-refractivity contribution < 1.29 is 9.90 Å². The number of hydrogen-bond donors (Lipinski definition) is 1. The number of phenolic OH excluding ortho intramolecular Hbond substituents is 1. The van der Waals surface area contributed by atoms with Crippen molar-refractivity contribution >= 4 is 39.1 Å². The van der Waals surface area contributed by atoms with Crippen molar-refractivity contribution in [3.63, 3.8) is 0 Å². The molecule has 0 fully saturated rings. The van der Waals surface area contributed by atoms with E-state index in [4.69, 9.17) is 11.6 Å². The van der Waals surface area contributed by atoms with Crippen molar-refractivity contribution in [2.24, 2.45) is 5.10 Å². The van der Waals surface area contributed by atoms with E-state index in [1.165, 1.54) is 5.01 Å². The average molecular weight is 456 g/mol. The maximum atomic E-state index is 13.2. The van der Waals surface area contributed by atoms with E-state index in [1.54, 1.807) is 36.4 Å². The SMILES string of the molecule is O=C(c1cccc(Br)c1)N1N=C(c2ccc(Cl)cc2)C[C@@H]1c1ccccc1O. The Hall–Kier alpha value is -2.63. The zero-order valence-corrected chi connectivity index (χ0v) is 17.1. The molecule has 1 N–H and O–H groups in total. The predicted octanol–water partition coefficient (Wildman–Crippen LogP) is 5.80. The molecule has 1 amide bonds. The third kappa shape index (κ3) is 3.68.